The van der Waals surface area contributed by atoms with E-state index in [1.54, 1.807) is 24.3 Å². The maximum absolute atomic E-state index is 14.0. The number of benzene rings is 3. The van der Waals surface area contributed by atoms with Crippen molar-refractivity contribution in [3.05, 3.63) is 83.4 Å². The SMILES string of the molecule is COc1ccc(S(=O)(=O)N(CC(=O)N2C[C@H](C(=O)NCCc3ccccc3)Oc3ccccc32)C2CCCCC2)cc1Cl. The molecule has 2 aliphatic rings. The van der Waals surface area contributed by atoms with E-state index in [9.17, 15) is 18.0 Å². The van der Waals surface area contributed by atoms with Gasteiger partial charge in [-0.2, -0.15) is 4.31 Å². The Labute approximate surface area is 257 Å². The van der Waals surface area contributed by atoms with Gasteiger partial charge < -0.3 is 19.7 Å². The van der Waals surface area contributed by atoms with Crippen LogP contribution in [0.5, 0.6) is 11.5 Å². The van der Waals surface area contributed by atoms with Crippen LogP contribution in [0.4, 0.5) is 5.69 Å². The Hall–Kier alpha value is -3.60. The fourth-order valence-corrected chi connectivity index (χ4v) is 7.62. The number of para-hydroxylation sites is 2. The van der Waals surface area contributed by atoms with Crippen molar-refractivity contribution in [3.8, 4) is 11.5 Å². The van der Waals surface area contributed by atoms with Gasteiger partial charge in [-0.25, -0.2) is 8.42 Å². The highest BCUT2D eigenvalue weighted by Gasteiger charge is 2.39. The van der Waals surface area contributed by atoms with Crippen molar-refractivity contribution < 1.29 is 27.5 Å². The van der Waals surface area contributed by atoms with E-state index < -0.39 is 22.0 Å². The summed E-state index contributed by atoms with van der Waals surface area (Å²) in [5.74, 6) is -0.0299. The van der Waals surface area contributed by atoms with Crippen molar-refractivity contribution in [1.29, 1.82) is 0 Å². The van der Waals surface area contributed by atoms with Gasteiger partial charge in [0.1, 0.15) is 11.5 Å². The van der Waals surface area contributed by atoms with Gasteiger partial charge in [0.15, 0.2) is 6.10 Å². The Balaban J connectivity index is 1.37. The van der Waals surface area contributed by atoms with Crippen molar-refractivity contribution in [2.75, 3.05) is 31.6 Å². The number of anilines is 1. The lowest BCUT2D eigenvalue weighted by molar-refractivity contribution is -0.128. The molecule has 3 aromatic carbocycles. The third kappa shape index (κ3) is 7.14. The summed E-state index contributed by atoms with van der Waals surface area (Å²) >= 11 is 6.29. The smallest absolute Gasteiger partial charge is 0.262 e. The highest BCUT2D eigenvalue weighted by molar-refractivity contribution is 7.89. The number of hydrogen-bond acceptors (Lipinski definition) is 6. The van der Waals surface area contributed by atoms with Crippen LogP contribution >= 0.6 is 11.6 Å². The van der Waals surface area contributed by atoms with Crippen LogP contribution in [0.25, 0.3) is 0 Å². The monoisotopic (exact) mass is 625 g/mol. The van der Waals surface area contributed by atoms with Crippen molar-refractivity contribution in [2.45, 2.75) is 55.6 Å². The van der Waals surface area contributed by atoms with Crippen molar-refractivity contribution >= 4 is 39.1 Å². The van der Waals surface area contributed by atoms with Crippen LogP contribution in [-0.2, 0) is 26.0 Å². The lowest BCUT2D eigenvalue weighted by atomic mass is 9.95. The number of carbonyl (C=O) groups excluding carboxylic acids is 2. The molecule has 3 aromatic rings. The summed E-state index contributed by atoms with van der Waals surface area (Å²) in [6.45, 7) is -0.0102. The molecule has 1 aliphatic heterocycles. The average molecular weight is 626 g/mol. The summed E-state index contributed by atoms with van der Waals surface area (Å²) in [4.78, 5) is 28.6. The van der Waals surface area contributed by atoms with E-state index in [0.717, 1.165) is 24.8 Å². The molecule has 0 saturated heterocycles. The van der Waals surface area contributed by atoms with Gasteiger partial charge in [0.05, 0.1) is 35.8 Å². The van der Waals surface area contributed by atoms with Gasteiger partial charge in [0, 0.05) is 12.6 Å². The van der Waals surface area contributed by atoms with Crippen molar-refractivity contribution in [3.63, 3.8) is 0 Å². The number of nitrogens with one attached hydrogen (secondary N) is 1. The second-order valence-corrected chi connectivity index (χ2v) is 13.0. The third-order valence-electron chi connectivity index (χ3n) is 7.93. The minimum atomic E-state index is -4.09. The Morgan fingerprint density at radius 1 is 1.02 bits per heavy atom. The molecule has 43 heavy (non-hydrogen) atoms. The Bertz CT molecular complexity index is 1550. The van der Waals surface area contributed by atoms with Gasteiger partial charge in [0.25, 0.3) is 5.91 Å². The summed E-state index contributed by atoms with van der Waals surface area (Å²) < 4.78 is 40.6. The summed E-state index contributed by atoms with van der Waals surface area (Å²) in [5, 5.41) is 3.08. The van der Waals surface area contributed by atoms with E-state index in [-0.39, 0.29) is 35.0 Å². The number of sulfonamides is 1. The quantitative estimate of drug-likeness (QED) is 0.346. The first kappa shape index (κ1) is 30.8. The maximum atomic E-state index is 14.0. The number of carbonyl (C=O) groups is 2. The van der Waals surface area contributed by atoms with Crippen LogP contribution in [0.15, 0.2) is 77.7 Å². The number of amides is 2. The predicted octanol–water partition coefficient (Wildman–Crippen LogP) is 4.83. The van der Waals surface area contributed by atoms with E-state index in [0.29, 0.717) is 43.0 Å². The van der Waals surface area contributed by atoms with Gasteiger partial charge in [0.2, 0.25) is 15.9 Å². The summed E-state index contributed by atoms with van der Waals surface area (Å²) in [5.41, 5.74) is 1.59. The first-order valence-corrected chi connectivity index (χ1v) is 16.3. The van der Waals surface area contributed by atoms with Gasteiger partial charge in [-0.05, 0) is 55.2 Å². The summed E-state index contributed by atoms with van der Waals surface area (Å²) in [6.07, 6.45) is 3.78. The molecule has 1 aliphatic carbocycles. The standard InChI is InChI=1S/C32H36ClN3O6S/c1-41-28-17-16-25(20-26(28)33)43(39,40)36(24-12-6-3-7-13-24)22-31(37)35-21-30(42-29-15-9-8-14-27(29)35)32(38)34-19-18-23-10-4-2-5-11-23/h2,4-5,8-11,14-17,20,24,30H,3,6-7,12-13,18-19,21-22H2,1H3,(H,34,38)/t30-/m1/s1. The molecule has 5 rings (SSSR count). The predicted molar refractivity (Wildman–Crippen MR) is 165 cm³/mol. The number of nitrogens with zero attached hydrogens (tertiary/aromatic N) is 2. The zero-order valence-corrected chi connectivity index (χ0v) is 25.6. The second-order valence-electron chi connectivity index (χ2n) is 10.7. The van der Waals surface area contributed by atoms with Gasteiger partial charge in [-0.1, -0.05) is 73.3 Å². The topological polar surface area (TPSA) is 105 Å². The average Bonchev–Trinajstić information content (AvgIpc) is 3.03. The molecule has 0 spiro atoms. The van der Waals surface area contributed by atoms with Crippen LogP contribution in [0.2, 0.25) is 5.02 Å². The highest BCUT2D eigenvalue weighted by atomic mass is 35.5. The maximum Gasteiger partial charge on any atom is 0.262 e. The molecule has 0 bridgehead atoms. The Morgan fingerprint density at radius 3 is 2.47 bits per heavy atom. The molecule has 1 heterocycles. The summed E-state index contributed by atoms with van der Waals surface area (Å²) in [6, 6.07) is 20.8. The molecule has 1 N–H and O–H groups in total. The molecule has 1 atom stereocenters. The molecular weight excluding hydrogens is 590 g/mol. The van der Waals surface area contributed by atoms with Crippen LogP contribution in [0.3, 0.4) is 0 Å². The minimum absolute atomic E-state index is 0.00489. The Morgan fingerprint density at radius 2 is 1.74 bits per heavy atom. The largest absolute Gasteiger partial charge is 0.495 e. The zero-order valence-electron chi connectivity index (χ0n) is 24.1. The number of fused-ring (bicyclic) bond motifs is 1. The number of rotatable bonds is 10. The van der Waals surface area contributed by atoms with Gasteiger partial charge in [-0.15, -0.1) is 0 Å². The van der Waals surface area contributed by atoms with E-state index >= 15 is 0 Å². The molecule has 228 valence electrons. The van der Waals surface area contributed by atoms with Crippen LogP contribution in [0.1, 0.15) is 37.7 Å². The van der Waals surface area contributed by atoms with Crippen LogP contribution in [0, 0.1) is 0 Å². The van der Waals surface area contributed by atoms with Gasteiger partial charge >= 0.3 is 0 Å². The molecule has 1 saturated carbocycles. The van der Waals surface area contributed by atoms with Gasteiger partial charge in [-0.3, -0.25) is 9.59 Å². The number of hydrogen-bond donors (Lipinski definition) is 1. The number of methoxy groups -OCH3 is 1. The Kier molecular flexibility index (Phi) is 9.90. The minimum Gasteiger partial charge on any atom is -0.495 e. The second kappa shape index (κ2) is 13.8. The molecular formula is C32H36ClN3O6S. The lowest BCUT2D eigenvalue weighted by Gasteiger charge is -2.37. The highest BCUT2D eigenvalue weighted by Crippen LogP contribution is 2.35. The molecule has 1 fully saturated rings. The van der Waals surface area contributed by atoms with Crippen molar-refractivity contribution in [1.82, 2.24) is 9.62 Å². The van der Waals surface area contributed by atoms with E-state index in [2.05, 4.69) is 5.32 Å². The first-order chi connectivity index (χ1) is 20.8. The summed E-state index contributed by atoms with van der Waals surface area (Å²) in [7, 11) is -2.63. The third-order valence-corrected chi connectivity index (χ3v) is 10.1. The van der Waals surface area contributed by atoms with Crippen LogP contribution < -0.4 is 19.7 Å². The fraction of sp³-hybridized carbons (Fsp3) is 0.375. The van der Waals surface area contributed by atoms with E-state index in [4.69, 9.17) is 21.1 Å². The lowest BCUT2D eigenvalue weighted by Crippen LogP contribution is -2.54. The van der Waals surface area contributed by atoms with E-state index in [1.165, 1.54) is 34.5 Å². The number of ether oxygens (including phenoxy) is 2. The fourth-order valence-electron chi connectivity index (χ4n) is 5.64. The normalized spacial score (nSPS) is 17.2. The molecule has 0 aromatic heterocycles. The first-order valence-electron chi connectivity index (χ1n) is 14.5. The molecule has 11 heteroatoms. The molecule has 2 amide bonds. The molecule has 9 nitrogen and oxygen atoms in total. The zero-order chi connectivity index (χ0) is 30.4. The number of halogens is 1. The van der Waals surface area contributed by atoms with E-state index in [1.807, 2.05) is 30.3 Å². The van der Waals surface area contributed by atoms with Crippen LogP contribution in [-0.4, -0.2) is 63.4 Å². The molecule has 0 radical (unpaired) electrons. The van der Waals surface area contributed by atoms with Crippen molar-refractivity contribution in [2.24, 2.45) is 0 Å². The molecule has 0 unspecified atom stereocenters.